The van der Waals surface area contributed by atoms with Gasteiger partial charge in [-0.05, 0) is 43.9 Å². The number of hydrogen-bond donors (Lipinski definition) is 2. The first-order valence-electron chi connectivity index (χ1n) is 7.03. The van der Waals surface area contributed by atoms with Crippen LogP contribution in [-0.2, 0) is 4.74 Å². The van der Waals surface area contributed by atoms with Crippen molar-refractivity contribution in [2.24, 2.45) is 11.8 Å². The van der Waals surface area contributed by atoms with E-state index in [0.717, 1.165) is 18.3 Å². The van der Waals surface area contributed by atoms with Gasteiger partial charge in [0.05, 0.1) is 6.61 Å². The maximum Gasteiger partial charge on any atom is 0.0616 e. The van der Waals surface area contributed by atoms with Crippen molar-refractivity contribution in [3.05, 3.63) is 0 Å². The van der Waals surface area contributed by atoms with Gasteiger partial charge in [-0.1, -0.05) is 13.8 Å². The van der Waals surface area contributed by atoms with Crippen LogP contribution >= 0.6 is 0 Å². The molecule has 0 saturated heterocycles. The molecule has 3 nitrogen and oxygen atoms in total. The Morgan fingerprint density at radius 2 is 1.88 bits per heavy atom. The molecule has 0 amide bonds. The molecular formula is C14H29NO2. The van der Waals surface area contributed by atoms with E-state index in [1.54, 1.807) is 7.11 Å². The fourth-order valence-corrected chi connectivity index (χ4v) is 2.86. The average molecular weight is 243 g/mol. The molecule has 0 aromatic carbocycles. The molecule has 1 rings (SSSR count). The zero-order chi connectivity index (χ0) is 12.7. The van der Waals surface area contributed by atoms with E-state index in [9.17, 15) is 0 Å². The van der Waals surface area contributed by atoms with Crippen LogP contribution in [0, 0.1) is 11.8 Å². The minimum atomic E-state index is 0.238. The monoisotopic (exact) mass is 243 g/mol. The van der Waals surface area contributed by atoms with E-state index in [2.05, 4.69) is 19.2 Å². The summed E-state index contributed by atoms with van der Waals surface area (Å²) in [5.74, 6) is 1.73. The average Bonchev–Trinajstić information content (AvgIpc) is 2.30. The van der Waals surface area contributed by atoms with Gasteiger partial charge in [0.15, 0.2) is 0 Å². The van der Waals surface area contributed by atoms with Gasteiger partial charge in [0.1, 0.15) is 0 Å². The number of aliphatic hydroxyl groups is 1. The maximum atomic E-state index is 9.01. The van der Waals surface area contributed by atoms with Gasteiger partial charge >= 0.3 is 0 Å². The first-order chi connectivity index (χ1) is 8.17. The highest BCUT2D eigenvalue weighted by atomic mass is 16.5. The van der Waals surface area contributed by atoms with Gasteiger partial charge in [0, 0.05) is 25.8 Å². The Bertz CT molecular complexity index is 183. The van der Waals surface area contributed by atoms with Crippen LogP contribution in [0.15, 0.2) is 0 Å². The fourth-order valence-electron chi connectivity index (χ4n) is 2.86. The molecule has 1 aliphatic carbocycles. The highest BCUT2D eigenvalue weighted by Gasteiger charge is 2.24. The van der Waals surface area contributed by atoms with Gasteiger partial charge in [0.2, 0.25) is 0 Å². The lowest BCUT2D eigenvalue weighted by atomic mass is 9.79. The van der Waals surface area contributed by atoms with Crippen LogP contribution in [0.25, 0.3) is 0 Å². The number of rotatable bonds is 7. The lowest BCUT2D eigenvalue weighted by Gasteiger charge is -2.33. The van der Waals surface area contributed by atoms with Crippen molar-refractivity contribution in [1.29, 1.82) is 0 Å². The zero-order valence-corrected chi connectivity index (χ0v) is 11.6. The molecule has 17 heavy (non-hydrogen) atoms. The van der Waals surface area contributed by atoms with E-state index < -0.39 is 0 Å². The van der Waals surface area contributed by atoms with Gasteiger partial charge in [-0.15, -0.1) is 0 Å². The molecule has 0 bridgehead atoms. The highest BCUT2D eigenvalue weighted by molar-refractivity contribution is 4.81. The van der Waals surface area contributed by atoms with Crippen molar-refractivity contribution in [3.8, 4) is 0 Å². The molecular weight excluding hydrogens is 214 g/mol. The molecule has 1 unspecified atom stereocenters. The number of methoxy groups -OCH3 is 1. The predicted octanol–water partition coefficient (Wildman–Crippen LogP) is 2.19. The number of nitrogens with one attached hydrogen (secondary N) is 1. The minimum absolute atomic E-state index is 0.238. The second-order valence-corrected chi connectivity index (χ2v) is 5.69. The molecule has 0 heterocycles. The molecule has 1 saturated carbocycles. The summed E-state index contributed by atoms with van der Waals surface area (Å²) in [6.45, 7) is 5.60. The summed E-state index contributed by atoms with van der Waals surface area (Å²) in [5, 5.41) is 12.6. The fraction of sp³-hybridized carbons (Fsp3) is 1.00. The van der Waals surface area contributed by atoms with Gasteiger partial charge in [0.25, 0.3) is 0 Å². The maximum absolute atomic E-state index is 9.01. The number of hydrogen-bond acceptors (Lipinski definition) is 3. The van der Waals surface area contributed by atoms with Gasteiger partial charge in [-0.25, -0.2) is 0 Å². The van der Waals surface area contributed by atoms with Gasteiger partial charge < -0.3 is 15.2 Å². The molecule has 2 N–H and O–H groups in total. The largest absolute Gasteiger partial charge is 0.396 e. The summed E-state index contributed by atoms with van der Waals surface area (Å²) < 4.78 is 5.18. The summed E-state index contributed by atoms with van der Waals surface area (Å²) >= 11 is 0. The van der Waals surface area contributed by atoms with E-state index in [4.69, 9.17) is 9.84 Å². The van der Waals surface area contributed by atoms with E-state index in [1.807, 2.05) is 0 Å². The second-order valence-electron chi connectivity index (χ2n) is 5.69. The quantitative estimate of drug-likeness (QED) is 0.720. The molecule has 0 radical (unpaired) electrons. The van der Waals surface area contributed by atoms with Crippen molar-refractivity contribution in [2.45, 2.75) is 58.0 Å². The Labute approximate surface area is 106 Å². The van der Waals surface area contributed by atoms with E-state index >= 15 is 0 Å². The molecule has 0 aromatic heterocycles. The summed E-state index contributed by atoms with van der Waals surface area (Å²) in [4.78, 5) is 0. The molecule has 3 heteroatoms. The smallest absolute Gasteiger partial charge is 0.0616 e. The van der Waals surface area contributed by atoms with E-state index in [-0.39, 0.29) is 6.61 Å². The Morgan fingerprint density at radius 1 is 1.24 bits per heavy atom. The van der Waals surface area contributed by atoms with Gasteiger partial charge in [-0.3, -0.25) is 0 Å². The third kappa shape index (κ3) is 5.36. The first-order valence-corrected chi connectivity index (χ1v) is 7.03. The highest BCUT2D eigenvalue weighted by Crippen LogP contribution is 2.30. The molecule has 1 fully saturated rings. The second kappa shape index (κ2) is 8.06. The lowest BCUT2D eigenvalue weighted by molar-refractivity contribution is 0.132. The third-order valence-electron chi connectivity index (χ3n) is 4.03. The first kappa shape index (κ1) is 14.9. The molecule has 102 valence electrons. The van der Waals surface area contributed by atoms with Crippen LogP contribution in [0.5, 0.6) is 0 Å². The van der Waals surface area contributed by atoms with Crippen molar-refractivity contribution in [1.82, 2.24) is 5.32 Å². The summed E-state index contributed by atoms with van der Waals surface area (Å²) in [6.07, 6.45) is 6.02. The topological polar surface area (TPSA) is 41.5 Å². The van der Waals surface area contributed by atoms with Crippen LogP contribution in [0.3, 0.4) is 0 Å². The standard InChI is InChI=1S/C14H29NO2/c1-11(2)12-4-6-13(7-5-12)15-14(8-9-16)10-17-3/h11-16H,4-10H2,1-3H3. The molecule has 0 spiro atoms. The Morgan fingerprint density at radius 3 is 2.35 bits per heavy atom. The van der Waals surface area contributed by atoms with Crippen molar-refractivity contribution < 1.29 is 9.84 Å². The van der Waals surface area contributed by atoms with Crippen LogP contribution in [0.4, 0.5) is 0 Å². The summed E-state index contributed by atoms with van der Waals surface area (Å²) in [5.41, 5.74) is 0. The SMILES string of the molecule is COCC(CCO)NC1CCC(C(C)C)CC1. The third-order valence-corrected chi connectivity index (χ3v) is 4.03. The molecule has 1 atom stereocenters. The number of aliphatic hydroxyl groups excluding tert-OH is 1. The Balaban J connectivity index is 2.27. The van der Waals surface area contributed by atoms with Crippen molar-refractivity contribution in [3.63, 3.8) is 0 Å². The molecule has 0 aliphatic heterocycles. The van der Waals surface area contributed by atoms with Crippen LogP contribution < -0.4 is 5.32 Å². The van der Waals surface area contributed by atoms with Crippen molar-refractivity contribution in [2.75, 3.05) is 20.3 Å². The normalized spacial score (nSPS) is 27.4. The van der Waals surface area contributed by atoms with Crippen LogP contribution in [0.1, 0.15) is 46.0 Å². The minimum Gasteiger partial charge on any atom is -0.396 e. The molecule has 1 aliphatic rings. The van der Waals surface area contributed by atoms with Gasteiger partial charge in [-0.2, -0.15) is 0 Å². The van der Waals surface area contributed by atoms with E-state index in [1.165, 1.54) is 25.7 Å². The summed E-state index contributed by atoms with van der Waals surface area (Å²) in [6, 6.07) is 0.933. The predicted molar refractivity (Wildman–Crippen MR) is 71.1 cm³/mol. The van der Waals surface area contributed by atoms with Crippen LogP contribution in [-0.4, -0.2) is 37.5 Å². The van der Waals surface area contributed by atoms with Crippen LogP contribution in [0.2, 0.25) is 0 Å². The zero-order valence-electron chi connectivity index (χ0n) is 11.6. The molecule has 0 aromatic rings. The van der Waals surface area contributed by atoms with Crippen molar-refractivity contribution >= 4 is 0 Å². The van der Waals surface area contributed by atoms with E-state index in [0.29, 0.717) is 18.7 Å². The Hall–Kier alpha value is -0.120. The Kier molecular flexibility index (Phi) is 7.09. The number of ether oxygens (including phenoxy) is 1. The summed E-state index contributed by atoms with van der Waals surface area (Å²) in [7, 11) is 1.72. The lowest BCUT2D eigenvalue weighted by Crippen LogP contribution is -2.43.